The number of nitrogens with zero attached hydrogens (tertiary/aromatic N) is 5. The molecule has 3 heterocycles. The average molecular weight is 636 g/mol. The first-order valence-corrected chi connectivity index (χ1v) is 15.0. The van der Waals surface area contributed by atoms with Crippen LogP contribution in [0, 0.1) is 5.92 Å². The molecule has 0 radical (unpaired) electrons. The summed E-state index contributed by atoms with van der Waals surface area (Å²) in [6.07, 6.45) is 5.46. The number of aromatic nitrogens is 4. The van der Waals surface area contributed by atoms with Crippen LogP contribution in [0.15, 0.2) is 59.7 Å². The topological polar surface area (TPSA) is 119 Å². The molecule has 1 aliphatic rings. The Bertz CT molecular complexity index is 1780. The fourth-order valence-electron chi connectivity index (χ4n) is 5.35. The number of hydrogen-bond acceptors (Lipinski definition) is 8. The fraction of sp³-hybridized carbons (Fsp3) is 0.312. The van der Waals surface area contributed by atoms with Crippen molar-refractivity contribution in [2.24, 2.45) is 13.0 Å². The molecule has 1 aliphatic heterocycles. The van der Waals surface area contributed by atoms with E-state index in [9.17, 15) is 14.4 Å². The Morgan fingerprint density at radius 3 is 2.55 bits per heavy atom. The summed E-state index contributed by atoms with van der Waals surface area (Å²) >= 11 is 13.7. The molecule has 0 spiro atoms. The first kappa shape index (κ1) is 31.3. The number of anilines is 1. The SMILES string of the molecule is CCCC(=O)C1CCN(Cc2cnc(-c3cccc(-c4cccc(NC(=O)c5ccnn(C)c5=O)c4Cl)c3Cl)nc2OC)C1. The Morgan fingerprint density at radius 2 is 1.80 bits per heavy atom. The van der Waals surface area contributed by atoms with Gasteiger partial charge in [0.15, 0.2) is 5.82 Å². The second kappa shape index (κ2) is 13.7. The van der Waals surface area contributed by atoms with Crippen molar-refractivity contribution >= 4 is 40.6 Å². The van der Waals surface area contributed by atoms with Gasteiger partial charge in [0.2, 0.25) is 5.88 Å². The van der Waals surface area contributed by atoms with Gasteiger partial charge in [-0.25, -0.2) is 9.67 Å². The van der Waals surface area contributed by atoms with Crippen LogP contribution in [0.5, 0.6) is 5.88 Å². The number of ether oxygens (including phenoxy) is 1. The summed E-state index contributed by atoms with van der Waals surface area (Å²) in [5, 5.41) is 7.18. The molecule has 4 aromatic rings. The highest BCUT2D eigenvalue weighted by atomic mass is 35.5. The van der Waals surface area contributed by atoms with E-state index in [1.54, 1.807) is 31.5 Å². The number of hydrogen-bond donors (Lipinski definition) is 1. The van der Waals surface area contributed by atoms with Gasteiger partial charge in [-0.2, -0.15) is 10.1 Å². The summed E-state index contributed by atoms with van der Waals surface area (Å²) in [4.78, 5) is 49.1. The van der Waals surface area contributed by atoms with Crippen molar-refractivity contribution in [1.82, 2.24) is 24.6 Å². The van der Waals surface area contributed by atoms with Crippen LogP contribution in [0.2, 0.25) is 10.0 Å². The maximum absolute atomic E-state index is 12.9. The zero-order valence-electron chi connectivity index (χ0n) is 24.6. The summed E-state index contributed by atoms with van der Waals surface area (Å²) < 4.78 is 6.72. The van der Waals surface area contributed by atoms with Crippen LogP contribution in [0.25, 0.3) is 22.5 Å². The predicted molar refractivity (Wildman–Crippen MR) is 170 cm³/mol. The van der Waals surface area contributed by atoms with Crippen molar-refractivity contribution in [3.05, 3.63) is 86.4 Å². The van der Waals surface area contributed by atoms with E-state index in [1.807, 2.05) is 25.1 Å². The molecule has 5 rings (SSSR count). The van der Waals surface area contributed by atoms with E-state index in [0.29, 0.717) is 57.9 Å². The summed E-state index contributed by atoms with van der Waals surface area (Å²) in [5.74, 6) is 0.609. The van der Waals surface area contributed by atoms with E-state index < -0.39 is 11.5 Å². The number of carbonyl (C=O) groups excluding carboxylic acids is 2. The zero-order chi connectivity index (χ0) is 31.4. The fourth-order valence-corrected chi connectivity index (χ4v) is 5.94. The second-order valence-corrected chi connectivity index (χ2v) is 11.4. The number of amides is 1. The standard InChI is InChI=1S/C32H32Cl2N6O4/c1-4-7-26(41)19-13-15-40(17-19)18-20-16-35-29(38-31(20)44-3)23-10-5-8-21(27(23)33)22-9-6-11-25(28(22)34)37-30(42)24-12-14-36-39(2)32(24)43/h5-6,8-12,14,16,19H,4,7,13,15,17-18H2,1-3H3,(H,37,42). The van der Waals surface area contributed by atoms with Crippen molar-refractivity contribution in [2.45, 2.75) is 32.7 Å². The third-order valence-electron chi connectivity index (χ3n) is 7.66. The minimum atomic E-state index is -0.607. The van der Waals surface area contributed by atoms with Gasteiger partial charge in [0.25, 0.3) is 11.5 Å². The third-order valence-corrected chi connectivity index (χ3v) is 8.48. The molecule has 0 saturated carbocycles. The number of aryl methyl sites for hydroxylation is 1. The highest BCUT2D eigenvalue weighted by Crippen LogP contribution is 2.41. The first-order valence-electron chi connectivity index (χ1n) is 14.3. The Labute approximate surface area is 265 Å². The van der Waals surface area contributed by atoms with Gasteiger partial charge in [-0.15, -0.1) is 0 Å². The second-order valence-electron chi connectivity index (χ2n) is 10.6. The lowest BCUT2D eigenvalue weighted by Crippen LogP contribution is -2.28. The summed E-state index contributed by atoms with van der Waals surface area (Å²) in [6.45, 7) is 4.15. The maximum Gasteiger partial charge on any atom is 0.279 e. The molecule has 1 fully saturated rings. The van der Waals surface area contributed by atoms with Gasteiger partial charge < -0.3 is 10.1 Å². The van der Waals surface area contributed by atoms with Crippen LogP contribution >= 0.6 is 23.2 Å². The molecular weight excluding hydrogens is 603 g/mol. The molecule has 12 heteroatoms. The molecule has 1 saturated heterocycles. The van der Waals surface area contributed by atoms with E-state index >= 15 is 0 Å². The number of likely N-dealkylation sites (tertiary alicyclic amines) is 1. The van der Waals surface area contributed by atoms with Gasteiger partial charge in [0.1, 0.15) is 11.3 Å². The Hall–Kier alpha value is -4.12. The minimum Gasteiger partial charge on any atom is -0.481 e. The molecule has 2 aromatic heterocycles. The van der Waals surface area contributed by atoms with Crippen LogP contribution in [-0.4, -0.2) is 56.5 Å². The molecule has 0 aliphatic carbocycles. The first-order chi connectivity index (χ1) is 21.2. The van der Waals surface area contributed by atoms with Crippen LogP contribution in [-0.2, 0) is 18.4 Å². The lowest BCUT2D eigenvalue weighted by atomic mass is 10.00. The number of nitrogens with one attached hydrogen (secondary N) is 1. The van der Waals surface area contributed by atoms with E-state index in [0.717, 1.165) is 36.2 Å². The third kappa shape index (κ3) is 6.52. The number of methoxy groups -OCH3 is 1. The average Bonchev–Trinajstić information content (AvgIpc) is 3.49. The number of Topliss-reactive ketones (excluding diaryl/α,β-unsaturated/α-hetero) is 1. The number of ketones is 1. The van der Waals surface area contributed by atoms with Crippen LogP contribution in [0.1, 0.15) is 42.1 Å². The molecule has 2 aromatic carbocycles. The molecule has 228 valence electrons. The smallest absolute Gasteiger partial charge is 0.279 e. The van der Waals surface area contributed by atoms with Crippen LogP contribution in [0.4, 0.5) is 5.69 Å². The summed E-state index contributed by atoms with van der Waals surface area (Å²) in [6, 6.07) is 12.0. The molecular formula is C32H32Cl2N6O4. The largest absolute Gasteiger partial charge is 0.481 e. The van der Waals surface area contributed by atoms with Crippen molar-refractivity contribution in [3.8, 4) is 28.4 Å². The Morgan fingerprint density at radius 1 is 1.07 bits per heavy atom. The number of halogens is 2. The maximum atomic E-state index is 12.9. The number of benzene rings is 2. The highest BCUT2D eigenvalue weighted by molar-refractivity contribution is 6.39. The lowest BCUT2D eigenvalue weighted by molar-refractivity contribution is -0.122. The summed E-state index contributed by atoms with van der Waals surface area (Å²) in [5.41, 5.74) is 2.31. The van der Waals surface area contributed by atoms with Crippen molar-refractivity contribution in [1.29, 1.82) is 0 Å². The monoisotopic (exact) mass is 634 g/mol. The van der Waals surface area contributed by atoms with Gasteiger partial charge in [-0.05, 0) is 37.6 Å². The molecule has 1 N–H and O–H groups in total. The number of rotatable bonds is 10. The van der Waals surface area contributed by atoms with E-state index in [2.05, 4.69) is 25.3 Å². The molecule has 10 nitrogen and oxygen atoms in total. The highest BCUT2D eigenvalue weighted by Gasteiger charge is 2.28. The van der Waals surface area contributed by atoms with Gasteiger partial charge in [-0.1, -0.05) is 54.4 Å². The van der Waals surface area contributed by atoms with Crippen molar-refractivity contribution < 1.29 is 14.3 Å². The van der Waals surface area contributed by atoms with Crippen LogP contribution in [0.3, 0.4) is 0 Å². The van der Waals surface area contributed by atoms with Crippen LogP contribution < -0.4 is 15.6 Å². The number of carbonyl (C=O) groups is 2. The van der Waals surface area contributed by atoms with Crippen molar-refractivity contribution in [2.75, 3.05) is 25.5 Å². The minimum absolute atomic E-state index is 0.0620. The lowest BCUT2D eigenvalue weighted by Gasteiger charge is -2.18. The summed E-state index contributed by atoms with van der Waals surface area (Å²) in [7, 11) is 3.03. The Balaban J connectivity index is 1.39. The molecule has 1 unspecified atom stereocenters. The predicted octanol–water partition coefficient (Wildman–Crippen LogP) is 5.66. The van der Waals surface area contributed by atoms with Gasteiger partial charge in [0.05, 0.1) is 22.8 Å². The van der Waals surface area contributed by atoms with Crippen molar-refractivity contribution in [3.63, 3.8) is 0 Å². The van der Waals surface area contributed by atoms with E-state index in [-0.39, 0.29) is 16.5 Å². The molecule has 44 heavy (non-hydrogen) atoms. The van der Waals surface area contributed by atoms with E-state index in [4.69, 9.17) is 27.9 Å². The van der Waals surface area contributed by atoms with Gasteiger partial charge in [-0.3, -0.25) is 19.3 Å². The van der Waals surface area contributed by atoms with Gasteiger partial charge >= 0.3 is 0 Å². The normalized spacial score (nSPS) is 14.9. The molecule has 0 bridgehead atoms. The molecule has 1 atom stereocenters. The Kier molecular flexibility index (Phi) is 9.73. The quantitative estimate of drug-likeness (QED) is 0.237. The van der Waals surface area contributed by atoms with E-state index in [1.165, 1.54) is 19.3 Å². The molecule has 1 amide bonds. The zero-order valence-corrected chi connectivity index (χ0v) is 26.2. The van der Waals surface area contributed by atoms with Gasteiger partial charge in [0, 0.05) is 67.1 Å².